The van der Waals surface area contributed by atoms with E-state index in [-0.39, 0.29) is 18.6 Å². The summed E-state index contributed by atoms with van der Waals surface area (Å²) in [6.45, 7) is 6.05. The quantitative estimate of drug-likeness (QED) is 0.596. The van der Waals surface area contributed by atoms with E-state index < -0.39 is 11.8 Å². The van der Waals surface area contributed by atoms with Crippen molar-refractivity contribution in [3.63, 3.8) is 0 Å². The van der Waals surface area contributed by atoms with Crippen molar-refractivity contribution in [2.75, 3.05) is 11.6 Å². The van der Waals surface area contributed by atoms with Crippen LogP contribution in [0.25, 0.3) is 11.8 Å². The van der Waals surface area contributed by atoms with Crippen LogP contribution in [-0.4, -0.2) is 34.4 Å². The van der Waals surface area contributed by atoms with Crippen molar-refractivity contribution in [2.24, 2.45) is 16.1 Å². The molecular formula is C26H30ClN5O4. The van der Waals surface area contributed by atoms with E-state index in [1.807, 2.05) is 18.2 Å². The Kier molecular flexibility index (Phi) is 6.75. The van der Waals surface area contributed by atoms with E-state index in [1.165, 1.54) is 5.06 Å². The normalized spacial score (nSPS) is 21.5. The van der Waals surface area contributed by atoms with Crippen LogP contribution in [0.4, 0.5) is 10.5 Å². The Morgan fingerprint density at radius 1 is 1.22 bits per heavy atom. The second-order valence-corrected chi connectivity index (χ2v) is 10.6. The number of fused-ring (bicyclic) bond motifs is 3. The Bertz CT molecular complexity index is 1300. The molecule has 0 atom stereocenters. The second-order valence-electron chi connectivity index (χ2n) is 10.2. The molecule has 2 aromatic heterocycles. The van der Waals surface area contributed by atoms with Gasteiger partial charge in [0.25, 0.3) is 0 Å². The lowest BCUT2D eigenvalue weighted by Gasteiger charge is -2.29. The molecule has 2 aromatic rings. The van der Waals surface area contributed by atoms with E-state index in [9.17, 15) is 4.79 Å². The van der Waals surface area contributed by atoms with Crippen LogP contribution in [0.1, 0.15) is 52.0 Å². The van der Waals surface area contributed by atoms with E-state index in [0.717, 1.165) is 59.1 Å². The van der Waals surface area contributed by atoms with E-state index in [0.29, 0.717) is 11.6 Å². The second kappa shape index (κ2) is 9.97. The van der Waals surface area contributed by atoms with E-state index in [4.69, 9.17) is 25.9 Å². The third-order valence-corrected chi connectivity index (χ3v) is 6.59. The number of azo groups is 1. The summed E-state index contributed by atoms with van der Waals surface area (Å²) >= 11 is 6.40. The number of carbonyl (C=O) groups excluding carboxylic acids is 1. The Hall–Kier alpha value is -3.33. The summed E-state index contributed by atoms with van der Waals surface area (Å²) in [5, 5.41) is 12.7. The van der Waals surface area contributed by atoms with Gasteiger partial charge >= 0.3 is 6.16 Å². The maximum absolute atomic E-state index is 12.5. The number of ether oxygens (including phenoxy) is 2. The van der Waals surface area contributed by atoms with Crippen LogP contribution in [-0.2, 0) is 16.1 Å². The van der Waals surface area contributed by atoms with Gasteiger partial charge < -0.3 is 19.3 Å². The number of aromatic amines is 1. The molecule has 190 valence electrons. The molecule has 1 saturated carbocycles. The van der Waals surface area contributed by atoms with Crippen LogP contribution in [0.2, 0.25) is 0 Å². The zero-order chi connectivity index (χ0) is 25.3. The van der Waals surface area contributed by atoms with Crippen LogP contribution in [0, 0.1) is 5.92 Å². The summed E-state index contributed by atoms with van der Waals surface area (Å²) in [6.07, 6.45) is 10.2. The Balaban J connectivity index is 1.41. The first-order valence-corrected chi connectivity index (χ1v) is 12.6. The van der Waals surface area contributed by atoms with E-state index >= 15 is 0 Å². The van der Waals surface area contributed by atoms with Gasteiger partial charge in [-0.1, -0.05) is 11.6 Å². The van der Waals surface area contributed by atoms with E-state index in [1.54, 1.807) is 39.2 Å². The SMILES string of the molecule is CC(C)(C)OC(=O)ON1CC=C(Cl)C=c2[nH]c3c(c21)CN=NC=3[C@H]1CC[C@H](Oc2cccnc2)CC1. The molecule has 2 aliphatic heterocycles. The number of nitrogens with one attached hydrogen (secondary N) is 1. The molecule has 0 saturated heterocycles. The molecule has 9 nitrogen and oxygen atoms in total. The molecule has 4 heterocycles. The fourth-order valence-corrected chi connectivity index (χ4v) is 4.97. The van der Waals surface area contributed by atoms with Crippen molar-refractivity contribution in [3.8, 4) is 5.75 Å². The lowest BCUT2D eigenvalue weighted by atomic mass is 9.84. The molecule has 1 aliphatic carbocycles. The highest BCUT2D eigenvalue weighted by Crippen LogP contribution is 2.34. The first-order valence-electron chi connectivity index (χ1n) is 12.2. The highest BCUT2D eigenvalue weighted by molar-refractivity contribution is 6.34. The first kappa shape index (κ1) is 24.4. The predicted molar refractivity (Wildman–Crippen MR) is 136 cm³/mol. The van der Waals surface area contributed by atoms with Gasteiger partial charge in [-0.2, -0.15) is 15.3 Å². The van der Waals surface area contributed by atoms with Crippen LogP contribution >= 0.6 is 11.6 Å². The Morgan fingerprint density at radius 3 is 2.75 bits per heavy atom. The molecule has 3 aliphatic rings. The maximum Gasteiger partial charge on any atom is 0.533 e. The molecule has 0 spiro atoms. The van der Waals surface area contributed by atoms with Gasteiger partial charge in [-0.25, -0.2) is 4.79 Å². The number of carbonyl (C=O) groups is 1. The van der Waals surface area contributed by atoms with Gasteiger partial charge in [-0.3, -0.25) is 4.98 Å². The number of hydrogen-bond donors (Lipinski definition) is 1. The van der Waals surface area contributed by atoms with Gasteiger partial charge in [0.05, 0.1) is 41.8 Å². The first-order chi connectivity index (χ1) is 17.3. The lowest BCUT2D eigenvalue weighted by Crippen LogP contribution is -2.34. The molecule has 0 aromatic carbocycles. The molecule has 1 N–H and O–H groups in total. The number of rotatable bonds is 4. The maximum atomic E-state index is 12.5. The predicted octanol–water partition coefficient (Wildman–Crippen LogP) is 4.71. The Morgan fingerprint density at radius 2 is 2.03 bits per heavy atom. The highest BCUT2D eigenvalue weighted by atomic mass is 35.5. The average molecular weight is 512 g/mol. The van der Waals surface area contributed by atoms with Crippen LogP contribution < -0.4 is 20.5 Å². The summed E-state index contributed by atoms with van der Waals surface area (Å²) in [7, 11) is 0. The topological polar surface area (TPSA) is 101 Å². The van der Waals surface area contributed by atoms with Crippen molar-refractivity contribution in [1.29, 1.82) is 0 Å². The summed E-state index contributed by atoms with van der Waals surface area (Å²) in [6, 6.07) is 3.81. The molecule has 0 bridgehead atoms. The number of allylic oxidation sites excluding steroid dienone is 1. The molecule has 5 rings (SSSR count). The number of halogens is 1. The summed E-state index contributed by atoms with van der Waals surface area (Å²) in [5.41, 5.74) is 1.92. The molecule has 0 amide bonds. The number of aromatic nitrogens is 2. The van der Waals surface area contributed by atoms with Gasteiger partial charge in [0.15, 0.2) is 0 Å². The van der Waals surface area contributed by atoms with Crippen molar-refractivity contribution >= 4 is 35.2 Å². The zero-order valence-corrected chi connectivity index (χ0v) is 21.4. The van der Waals surface area contributed by atoms with Gasteiger partial charge in [-0.05, 0) is 70.7 Å². The summed E-state index contributed by atoms with van der Waals surface area (Å²) in [4.78, 5) is 25.7. The minimum atomic E-state index is -0.775. The zero-order valence-electron chi connectivity index (χ0n) is 20.7. The van der Waals surface area contributed by atoms with Gasteiger partial charge in [0, 0.05) is 22.7 Å². The monoisotopic (exact) mass is 511 g/mol. The van der Waals surface area contributed by atoms with Gasteiger partial charge in [-0.15, -0.1) is 0 Å². The number of hydrogen-bond acceptors (Lipinski definition) is 8. The molecular weight excluding hydrogens is 482 g/mol. The fraction of sp³-hybridized carbons (Fsp3) is 0.462. The van der Waals surface area contributed by atoms with Crippen molar-refractivity contribution in [2.45, 2.75) is 64.7 Å². The number of H-pyrrole nitrogens is 1. The average Bonchev–Trinajstić information content (AvgIpc) is 3.12. The van der Waals surface area contributed by atoms with E-state index in [2.05, 4.69) is 20.2 Å². The summed E-state index contributed by atoms with van der Waals surface area (Å²) in [5.74, 6) is 1.04. The fourth-order valence-electron chi connectivity index (χ4n) is 4.79. The smallest absolute Gasteiger partial charge is 0.489 e. The standard InChI is InChI=1S/C26H30ClN5O4/c1-26(2,3)35-25(33)36-32-12-10-17(27)13-21-24(32)20-15-29-31-22(23(20)30-21)16-6-8-18(9-7-16)34-19-5-4-11-28-14-19/h4-5,10-11,13-14,16,18,30H,6-9,12,15H2,1-3H3/t16-,18-. The molecule has 36 heavy (non-hydrogen) atoms. The summed E-state index contributed by atoms with van der Waals surface area (Å²) < 4.78 is 11.5. The number of pyridine rings is 1. The third-order valence-electron chi connectivity index (χ3n) is 6.32. The van der Waals surface area contributed by atoms with Crippen molar-refractivity contribution in [1.82, 2.24) is 9.97 Å². The Labute approximate surface area is 214 Å². The van der Waals surface area contributed by atoms with Crippen LogP contribution in [0.3, 0.4) is 0 Å². The lowest BCUT2D eigenvalue weighted by molar-refractivity contribution is -0.0116. The minimum absolute atomic E-state index is 0.154. The molecule has 0 unspecified atom stereocenters. The highest BCUT2D eigenvalue weighted by Gasteiger charge is 2.31. The van der Waals surface area contributed by atoms with Crippen molar-refractivity contribution < 1.29 is 19.1 Å². The molecule has 0 radical (unpaired) electrons. The molecule has 10 heteroatoms. The molecule has 1 fully saturated rings. The largest absolute Gasteiger partial charge is 0.533 e. The number of nitrogens with zero attached hydrogens (tertiary/aromatic N) is 4. The number of anilines is 1. The van der Waals surface area contributed by atoms with Crippen LogP contribution in [0.15, 0.2) is 45.9 Å². The number of hydroxylamine groups is 1. The van der Waals surface area contributed by atoms with Gasteiger partial charge in [0.1, 0.15) is 17.0 Å². The van der Waals surface area contributed by atoms with Crippen molar-refractivity contribution in [3.05, 3.63) is 51.9 Å². The third kappa shape index (κ3) is 5.41. The van der Waals surface area contributed by atoms with Gasteiger partial charge in [0.2, 0.25) is 0 Å². The minimum Gasteiger partial charge on any atom is -0.489 e. The van der Waals surface area contributed by atoms with Crippen LogP contribution in [0.5, 0.6) is 5.75 Å².